The van der Waals surface area contributed by atoms with Crippen LogP contribution in [0.2, 0.25) is 0 Å². The third-order valence-corrected chi connectivity index (χ3v) is 3.24. The van der Waals surface area contributed by atoms with Crippen LogP contribution in [0.15, 0.2) is 0 Å². The van der Waals surface area contributed by atoms with Gasteiger partial charge in [-0.15, -0.1) is 0 Å². The Bertz CT molecular complexity index is 182. The number of nitrogens with zero attached hydrogens (tertiary/aromatic N) is 1. The van der Waals surface area contributed by atoms with Gasteiger partial charge in [-0.2, -0.15) is 0 Å². The van der Waals surface area contributed by atoms with E-state index in [1.807, 2.05) is 0 Å². The van der Waals surface area contributed by atoms with Crippen LogP contribution in [0.25, 0.3) is 0 Å². The lowest BCUT2D eigenvalue weighted by atomic mass is 10.00. The average molecular weight is 200 g/mol. The fourth-order valence-corrected chi connectivity index (χ4v) is 2.48. The summed E-state index contributed by atoms with van der Waals surface area (Å²) in [6, 6.07) is 0.977. The summed E-state index contributed by atoms with van der Waals surface area (Å²) in [6.45, 7) is 5.60. The highest BCUT2D eigenvalue weighted by Crippen LogP contribution is 2.20. The van der Waals surface area contributed by atoms with Gasteiger partial charge in [0.2, 0.25) is 0 Å². The molecule has 0 aromatic heterocycles. The predicted molar refractivity (Wildman–Crippen MR) is 60.9 cm³/mol. The zero-order chi connectivity index (χ0) is 9.84. The van der Waals surface area contributed by atoms with Crippen molar-refractivity contribution < 1.29 is 0 Å². The Balaban J connectivity index is 2.60. The molecule has 0 aromatic rings. The van der Waals surface area contributed by atoms with Gasteiger partial charge in [0.25, 0.3) is 0 Å². The quantitative estimate of drug-likeness (QED) is 0.706. The lowest BCUT2D eigenvalue weighted by molar-refractivity contribution is 0.135. The minimum atomic E-state index is 0.324. The van der Waals surface area contributed by atoms with Crippen molar-refractivity contribution in [3.8, 4) is 0 Å². The minimum absolute atomic E-state index is 0.324. The molecule has 2 nitrogen and oxygen atoms in total. The van der Waals surface area contributed by atoms with Crippen LogP contribution in [-0.4, -0.2) is 28.5 Å². The number of thiocarbonyl (C=S) groups is 1. The zero-order valence-electron chi connectivity index (χ0n) is 8.62. The minimum Gasteiger partial charge on any atom is -0.392 e. The van der Waals surface area contributed by atoms with E-state index >= 15 is 0 Å². The van der Waals surface area contributed by atoms with Crippen LogP contribution in [0.5, 0.6) is 0 Å². The molecule has 1 fully saturated rings. The van der Waals surface area contributed by atoms with Crippen molar-refractivity contribution in [3.05, 3.63) is 0 Å². The fraction of sp³-hybridized carbons (Fsp3) is 0.900. The highest BCUT2D eigenvalue weighted by atomic mass is 32.1. The normalized spacial score (nSPS) is 27.1. The molecule has 0 bridgehead atoms. The summed E-state index contributed by atoms with van der Waals surface area (Å²) in [5.41, 5.74) is 5.73. The molecule has 0 aliphatic carbocycles. The van der Waals surface area contributed by atoms with Gasteiger partial charge in [0, 0.05) is 6.04 Å². The molecule has 0 radical (unpaired) electrons. The Labute approximate surface area is 86.5 Å². The van der Waals surface area contributed by atoms with E-state index in [0.29, 0.717) is 17.1 Å². The molecule has 0 spiro atoms. The molecule has 0 saturated carbocycles. The van der Waals surface area contributed by atoms with Crippen LogP contribution in [0.4, 0.5) is 0 Å². The zero-order valence-corrected chi connectivity index (χ0v) is 9.44. The Hall–Kier alpha value is -0.150. The van der Waals surface area contributed by atoms with Crippen molar-refractivity contribution in [2.24, 2.45) is 5.73 Å². The SMILES string of the molecule is CCC(C(N)=S)N1CCCCC1C. The van der Waals surface area contributed by atoms with E-state index in [2.05, 4.69) is 18.7 Å². The summed E-state index contributed by atoms with van der Waals surface area (Å²) in [4.78, 5) is 3.13. The van der Waals surface area contributed by atoms with Gasteiger partial charge in [-0.1, -0.05) is 25.6 Å². The Morgan fingerprint density at radius 3 is 2.77 bits per heavy atom. The number of nitrogens with two attached hydrogens (primary N) is 1. The molecule has 1 heterocycles. The molecule has 1 aliphatic rings. The first-order chi connectivity index (χ1) is 6.16. The Morgan fingerprint density at radius 1 is 1.62 bits per heavy atom. The summed E-state index contributed by atoms with van der Waals surface area (Å²) in [6.07, 6.45) is 4.98. The lowest BCUT2D eigenvalue weighted by Gasteiger charge is -2.38. The van der Waals surface area contributed by atoms with Crippen LogP contribution >= 0.6 is 12.2 Å². The van der Waals surface area contributed by atoms with Gasteiger partial charge in [0.1, 0.15) is 0 Å². The summed E-state index contributed by atoms with van der Waals surface area (Å²) >= 11 is 5.09. The van der Waals surface area contributed by atoms with Gasteiger partial charge in [-0.05, 0) is 32.7 Å². The summed E-state index contributed by atoms with van der Waals surface area (Å²) < 4.78 is 0. The van der Waals surface area contributed by atoms with Crippen LogP contribution in [0, 0.1) is 0 Å². The standard InChI is InChI=1S/C10H20N2S/c1-3-9(10(11)13)12-7-5-4-6-8(12)2/h8-9H,3-7H2,1-2H3,(H2,11,13). The number of likely N-dealkylation sites (tertiary alicyclic amines) is 1. The van der Waals surface area contributed by atoms with E-state index in [1.54, 1.807) is 0 Å². The van der Waals surface area contributed by atoms with Gasteiger partial charge in [-0.3, -0.25) is 4.90 Å². The van der Waals surface area contributed by atoms with E-state index < -0.39 is 0 Å². The molecular formula is C10H20N2S. The molecule has 76 valence electrons. The van der Waals surface area contributed by atoms with Gasteiger partial charge in [0.05, 0.1) is 11.0 Å². The molecular weight excluding hydrogens is 180 g/mol. The molecule has 0 aromatic carbocycles. The van der Waals surface area contributed by atoms with E-state index in [9.17, 15) is 0 Å². The highest BCUT2D eigenvalue weighted by Gasteiger charge is 2.26. The second kappa shape index (κ2) is 4.91. The molecule has 13 heavy (non-hydrogen) atoms. The Kier molecular flexibility index (Phi) is 4.13. The van der Waals surface area contributed by atoms with E-state index in [-0.39, 0.29) is 0 Å². The van der Waals surface area contributed by atoms with Crippen LogP contribution in [0.1, 0.15) is 39.5 Å². The maximum Gasteiger partial charge on any atom is 0.0902 e. The average Bonchev–Trinajstić information content (AvgIpc) is 2.09. The number of hydrogen-bond acceptors (Lipinski definition) is 2. The maximum atomic E-state index is 5.73. The molecule has 1 rings (SSSR count). The van der Waals surface area contributed by atoms with Gasteiger partial charge in [-0.25, -0.2) is 0 Å². The highest BCUT2D eigenvalue weighted by molar-refractivity contribution is 7.80. The van der Waals surface area contributed by atoms with Gasteiger partial charge in [0.15, 0.2) is 0 Å². The summed E-state index contributed by atoms with van der Waals surface area (Å²) in [5, 5.41) is 0. The lowest BCUT2D eigenvalue weighted by Crippen LogP contribution is -2.50. The smallest absolute Gasteiger partial charge is 0.0902 e. The summed E-state index contributed by atoms with van der Waals surface area (Å²) in [5.74, 6) is 0. The van der Waals surface area contributed by atoms with Crippen molar-refractivity contribution in [2.45, 2.75) is 51.6 Å². The van der Waals surface area contributed by atoms with Crippen LogP contribution < -0.4 is 5.73 Å². The molecule has 3 heteroatoms. The molecule has 2 atom stereocenters. The van der Waals surface area contributed by atoms with Crippen molar-refractivity contribution in [2.75, 3.05) is 6.54 Å². The topological polar surface area (TPSA) is 29.3 Å². The maximum absolute atomic E-state index is 5.73. The van der Waals surface area contributed by atoms with Crippen molar-refractivity contribution in [1.29, 1.82) is 0 Å². The Morgan fingerprint density at radius 2 is 2.31 bits per heavy atom. The third kappa shape index (κ3) is 2.64. The second-order valence-corrected chi connectivity index (χ2v) is 4.38. The van der Waals surface area contributed by atoms with Gasteiger partial charge >= 0.3 is 0 Å². The molecule has 2 N–H and O–H groups in total. The van der Waals surface area contributed by atoms with Crippen molar-refractivity contribution >= 4 is 17.2 Å². The first kappa shape index (κ1) is 10.9. The van der Waals surface area contributed by atoms with E-state index in [0.717, 1.165) is 13.0 Å². The number of hydrogen-bond donors (Lipinski definition) is 1. The number of rotatable bonds is 3. The van der Waals surface area contributed by atoms with E-state index in [4.69, 9.17) is 18.0 Å². The monoisotopic (exact) mass is 200 g/mol. The van der Waals surface area contributed by atoms with Gasteiger partial charge < -0.3 is 5.73 Å². The van der Waals surface area contributed by atoms with Crippen LogP contribution in [-0.2, 0) is 0 Å². The molecule has 1 saturated heterocycles. The first-order valence-corrected chi connectivity index (χ1v) is 5.62. The first-order valence-electron chi connectivity index (χ1n) is 5.22. The largest absolute Gasteiger partial charge is 0.392 e. The summed E-state index contributed by atoms with van der Waals surface area (Å²) in [7, 11) is 0. The van der Waals surface area contributed by atoms with Crippen LogP contribution in [0.3, 0.4) is 0 Å². The molecule has 1 aliphatic heterocycles. The van der Waals surface area contributed by atoms with Crippen molar-refractivity contribution in [3.63, 3.8) is 0 Å². The third-order valence-electron chi connectivity index (χ3n) is 2.97. The number of piperidine rings is 1. The van der Waals surface area contributed by atoms with E-state index in [1.165, 1.54) is 19.3 Å². The van der Waals surface area contributed by atoms with Crippen molar-refractivity contribution in [1.82, 2.24) is 4.90 Å². The molecule has 0 amide bonds. The molecule has 2 unspecified atom stereocenters. The predicted octanol–water partition coefficient (Wildman–Crippen LogP) is 1.93. The second-order valence-electron chi connectivity index (χ2n) is 3.91. The fourth-order valence-electron chi connectivity index (χ4n) is 2.18.